The van der Waals surface area contributed by atoms with Gasteiger partial charge in [-0.05, 0) is 19.3 Å². The first-order valence-electron chi connectivity index (χ1n) is 5.47. The van der Waals surface area contributed by atoms with Gasteiger partial charge in [-0.2, -0.15) is 5.10 Å². The molecule has 0 saturated heterocycles. The van der Waals surface area contributed by atoms with Gasteiger partial charge in [-0.25, -0.2) is 4.39 Å². The number of hydrogen-bond acceptors (Lipinski definition) is 2. The molecular formula is C11H21ClFN3. The van der Waals surface area contributed by atoms with Gasteiger partial charge in [0.05, 0.1) is 17.9 Å². The van der Waals surface area contributed by atoms with Crippen molar-refractivity contribution in [3.63, 3.8) is 0 Å². The molecule has 0 saturated carbocycles. The van der Waals surface area contributed by atoms with E-state index in [1.54, 1.807) is 4.68 Å². The summed E-state index contributed by atoms with van der Waals surface area (Å²) in [6.45, 7) is 7.24. The zero-order valence-electron chi connectivity index (χ0n) is 10.2. The number of nitrogens with zero attached hydrogens (tertiary/aromatic N) is 2. The second-order valence-corrected chi connectivity index (χ2v) is 4.19. The fourth-order valence-corrected chi connectivity index (χ4v) is 1.39. The van der Waals surface area contributed by atoms with Crippen molar-refractivity contribution >= 4 is 18.1 Å². The summed E-state index contributed by atoms with van der Waals surface area (Å²) >= 11 is 0. The number of nitrogens with one attached hydrogen (secondary N) is 1. The Morgan fingerprint density at radius 3 is 2.75 bits per heavy atom. The molecule has 0 aliphatic heterocycles. The Hall–Kier alpha value is -0.770. The second-order valence-electron chi connectivity index (χ2n) is 4.19. The molecular weight excluding hydrogens is 229 g/mol. The van der Waals surface area contributed by atoms with E-state index in [-0.39, 0.29) is 19.1 Å². The van der Waals surface area contributed by atoms with Crippen molar-refractivity contribution in [2.45, 2.75) is 33.7 Å². The fourth-order valence-electron chi connectivity index (χ4n) is 1.39. The predicted molar refractivity (Wildman–Crippen MR) is 68.1 cm³/mol. The molecule has 16 heavy (non-hydrogen) atoms. The van der Waals surface area contributed by atoms with Crippen molar-refractivity contribution < 1.29 is 4.39 Å². The van der Waals surface area contributed by atoms with Gasteiger partial charge in [0.25, 0.3) is 0 Å². The highest BCUT2D eigenvalue weighted by Gasteiger charge is 2.04. The minimum Gasteiger partial charge on any atom is -0.382 e. The van der Waals surface area contributed by atoms with Gasteiger partial charge in [0.15, 0.2) is 0 Å². The number of alkyl halides is 1. The molecule has 0 unspecified atom stereocenters. The standard InChI is InChI=1S/C11H20FN3.ClH/c1-9(2)4-6-13-11-8-15(7-5-12)14-10(11)3;/h8-9,13H,4-7H2,1-3H3;1H. The maximum absolute atomic E-state index is 12.1. The summed E-state index contributed by atoms with van der Waals surface area (Å²) in [7, 11) is 0. The Kier molecular flexibility index (Phi) is 7.13. The van der Waals surface area contributed by atoms with Gasteiger partial charge in [0.2, 0.25) is 0 Å². The zero-order chi connectivity index (χ0) is 11.3. The van der Waals surface area contributed by atoms with E-state index in [0.29, 0.717) is 12.5 Å². The van der Waals surface area contributed by atoms with Crippen LogP contribution in [-0.4, -0.2) is 23.0 Å². The molecule has 0 aliphatic carbocycles. The Morgan fingerprint density at radius 2 is 2.19 bits per heavy atom. The minimum absolute atomic E-state index is 0. The third-order valence-corrected chi connectivity index (χ3v) is 2.30. The summed E-state index contributed by atoms with van der Waals surface area (Å²) in [5.41, 5.74) is 1.95. The minimum atomic E-state index is -0.368. The van der Waals surface area contributed by atoms with Gasteiger partial charge in [-0.3, -0.25) is 4.68 Å². The van der Waals surface area contributed by atoms with Gasteiger partial charge in [0.1, 0.15) is 6.67 Å². The van der Waals surface area contributed by atoms with E-state index in [1.807, 2.05) is 13.1 Å². The van der Waals surface area contributed by atoms with Crippen molar-refractivity contribution in [3.8, 4) is 0 Å². The van der Waals surface area contributed by atoms with Gasteiger partial charge in [-0.15, -0.1) is 12.4 Å². The highest BCUT2D eigenvalue weighted by molar-refractivity contribution is 5.85. The number of anilines is 1. The maximum Gasteiger partial charge on any atom is 0.109 e. The molecule has 94 valence electrons. The lowest BCUT2D eigenvalue weighted by atomic mass is 10.1. The summed E-state index contributed by atoms with van der Waals surface area (Å²) in [6, 6.07) is 0. The number of aryl methyl sites for hydroxylation is 2. The van der Waals surface area contributed by atoms with Gasteiger partial charge < -0.3 is 5.32 Å². The van der Waals surface area contributed by atoms with Crippen molar-refractivity contribution in [2.75, 3.05) is 18.5 Å². The van der Waals surface area contributed by atoms with E-state index in [9.17, 15) is 4.39 Å². The van der Waals surface area contributed by atoms with E-state index in [2.05, 4.69) is 24.3 Å². The molecule has 1 heterocycles. The zero-order valence-corrected chi connectivity index (χ0v) is 11.0. The summed E-state index contributed by atoms with van der Waals surface area (Å²) in [5.74, 6) is 0.693. The topological polar surface area (TPSA) is 29.9 Å². The largest absolute Gasteiger partial charge is 0.382 e. The summed E-state index contributed by atoms with van der Waals surface area (Å²) < 4.78 is 13.7. The highest BCUT2D eigenvalue weighted by atomic mass is 35.5. The van der Waals surface area contributed by atoms with Crippen LogP contribution in [0.15, 0.2) is 6.20 Å². The monoisotopic (exact) mass is 249 g/mol. The lowest BCUT2D eigenvalue weighted by molar-refractivity contribution is 0.426. The number of rotatable bonds is 6. The van der Waals surface area contributed by atoms with Gasteiger partial charge in [-0.1, -0.05) is 13.8 Å². The van der Waals surface area contributed by atoms with Crippen LogP contribution in [0.1, 0.15) is 26.0 Å². The lowest BCUT2D eigenvalue weighted by Crippen LogP contribution is -2.04. The Bertz CT molecular complexity index is 299. The molecule has 0 bridgehead atoms. The Morgan fingerprint density at radius 1 is 1.50 bits per heavy atom. The van der Waals surface area contributed by atoms with Gasteiger partial charge >= 0.3 is 0 Å². The summed E-state index contributed by atoms with van der Waals surface area (Å²) in [4.78, 5) is 0. The van der Waals surface area contributed by atoms with Crippen LogP contribution in [0, 0.1) is 12.8 Å². The van der Waals surface area contributed by atoms with Crippen LogP contribution in [-0.2, 0) is 6.54 Å². The van der Waals surface area contributed by atoms with Crippen LogP contribution in [0.25, 0.3) is 0 Å². The fraction of sp³-hybridized carbons (Fsp3) is 0.727. The van der Waals surface area contributed by atoms with Crippen LogP contribution < -0.4 is 5.32 Å². The molecule has 5 heteroatoms. The molecule has 1 N–H and O–H groups in total. The van der Waals surface area contributed by atoms with Crippen LogP contribution in [0.3, 0.4) is 0 Å². The second kappa shape index (κ2) is 7.49. The first kappa shape index (κ1) is 15.2. The van der Waals surface area contributed by atoms with Crippen molar-refractivity contribution in [3.05, 3.63) is 11.9 Å². The quantitative estimate of drug-likeness (QED) is 0.840. The van der Waals surface area contributed by atoms with E-state index >= 15 is 0 Å². The van der Waals surface area contributed by atoms with E-state index < -0.39 is 0 Å². The lowest BCUT2D eigenvalue weighted by Gasteiger charge is -2.06. The first-order valence-corrected chi connectivity index (χ1v) is 5.47. The molecule has 1 aromatic rings. The average Bonchev–Trinajstić information content (AvgIpc) is 2.47. The molecule has 0 radical (unpaired) electrons. The molecule has 0 spiro atoms. The molecule has 0 aliphatic rings. The maximum atomic E-state index is 12.1. The smallest absolute Gasteiger partial charge is 0.109 e. The number of hydrogen-bond donors (Lipinski definition) is 1. The SMILES string of the molecule is Cc1nn(CCF)cc1NCCC(C)C.Cl. The van der Waals surface area contributed by atoms with E-state index in [1.165, 1.54) is 0 Å². The Balaban J connectivity index is 0.00000225. The number of aromatic nitrogens is 2. The third-order valence-electron chi connectivity index (χ3n) is 2.30. The Labute approximate surface area is 103 Å². The molecule has 1 rings (SSSR count). The third kappa shape index (κ3) is 4.84. The van der Waals surface area contributed by atoms with Crippen molar-refractivity contribution in [1.29, 1.82) is 0 Å². The predicted octanol–water partition coefficient (Wildman–Crippen LogP) is 3.04. The van der Waals surface area contributed by atoms with Crippen LogP contribution in [0.4, 0.5) is 10.1 Å². The average molecular weight is 250 g/mol. The molecule has 0 aromatic carbocycles. The highest BCUT2D eigenvalue weighted by Crippen LogP contribution is 2.12. The summed E-state index contributed by atoms with van der Waals surface area (Å²) in [6.07, 6.45) is 3.00. The summed E-state index contributed by atoms with van der Waals surface area (Å²) in [5, 5.41) is 7.53. The molecule has 1 aromatic heterocycles. The van der Waals surface area contributed by atoms with Crippen molar-refractivity contribution in [2.24, 2.45) is 5.92 Å². The number of halogens is 2. The molecule has 0 atom stereocenters. The van der Waals surface area contributed by atoms with Gasteiger partial charge in [0, 0.05) is 12.7 Å². The van der Waals surface area contributed by atoms with Crippen LogP contribution in [0.2, 0.25) is 0 Å². The van der Waals surface area contributed by atoms with E-state index in [0.717, 1.165) is 24.3 Å². The van der Waals surface area contributed by atoms with Crippen LogP contribution >= 0.6 is 12.4 Å². The molecule has 0 amide bonds. The normalized spacial score (nSPS) is 10.3. The van der Waals surface area contributed by atoms with Crippen LogP contribution in [0.5, 0.6) is 0 Å². The van der Waals surface area contributed by atoms with Crippen molar-refractivity contribution in [1.82, 2.24) is 9.78 Å². The first-order chi connectivity index (χ1) is 7.13. The molecule has 0 fully saturated rings. The van der Waals surface area contributed by atoms with E-state index in [4.69, 9.17) is 0 Å². The molecule has 3 nitrogen and oxygen atoms in total.